The average molecular weight is 238 g/mol. The normalized spacial score (nSPS) is 11.9. The number of hydrogen-bond acceptors (Lipinski definition) is 4. The summed E-state index contributed by atoms with van der Waals surface area (Å²) in [5, 5.41) is 8.11. The molecular formula is C13H18O4. The largest absolute Gasteiger partial charge is 0.490 e. The zero-order chi connectivity index (χ0) is 12.5. The summed E-state index contributed by atoms with van der Waals surface area (Å²) < 4.78 is 5.76. The lowest BCUT2D eigenvalue weighted by Crippen LogP contribution is -2.16. The van der Waals surface area contributed by atoms with Crippen LogP contribution in [-0.4, -0.2) is 17.3 Å². The zero-order valence-electron chi connectivity index (χ0n) is 9.96. The summed E-state index contributed by atoms with van der Waals surface area (Å²) in [6.45, 7) is 2.04. The Morgan fingerprint density at radius 1 is 1.35 bits per heavy atom. The first-order valence-corrected chi connectivity index (χ1v) is 5.82. The predicted molar refractivity (Wildman–Crippen MR) is 63.7 cm³/mol. The topological polar surface area (TPSA) is 55.8 Å². The minimum atomic E-state index is -0.598. The van der Waals surface area contributed by atoms with Gasteiger partial charge in [0.25, 0.3) is 0 Å². The van der Waals surface area contributed by atoms with E-state index in [-0.39, 0.29) is 12.5 Å². The number of rotatable bonds is 7. The maximum Gasteiger partial charge on any atom is 0.342 e. The van der Waals surface area contributed by atoms with Crippen LogP contribution < -0.4 is 4.74 Å². The Bertz CT molecular complexity index is 323. The smallest absolute Gasteiger partial charge is 0.342 e. The second-order valence-electron chi connectivity index (χ2n) is 3.82. The van der Waals surface area contributed by atoms with Crippen molar-refractivity contribution >= 4 is 5.97 Å². The highest BCUT2D eigenvalue weighted by molar-refractivity contribution is 5.68. The molecule has 0 bridgehead atoms. The van der Waals surface area contributed by atoms with E-state index < -0.39 is 5.97 Å². The molecule has 4 heteroatoms. The van der Waals surface area contributed by atoms with E-state index in [0.717, 1.165) is 18.6 Å². The number of hydrogen-bond donors (Lipinski definition) is 1. The maximum absolute atomic E-state index is 10.7. The van der Waals surface area contributed by atoms with Crippen LogP contribution >= 0.6 is 0 Å². The number of carbonyl (C=O) groups is 1. The number of para-hydroxylation sites is 1. The van der Waals surface area contributed by atoms with Crippen molar-refractivity contribution in [1.29, 1.82) is 0 Å². The molecule has 17 heavy (non-hydrogen) atoms. The van der Waals surface area contributed by atoms with Crippen molar-refractivity contribution < 1.29 is 19.7 Å². The van der Waals surface area contributed by atoms with Gasteiger partial charge in [-0.3, -0.25) is 0 Å². The predicted octanol–water partition coefficient (Wildman–Crippen LogP) is 3.03. The fourth-order valence-electron chi connectivity index (χ4n) is 1.56. The standard InChI is InChI=1S/C13H18O4/c1-2-11(9-6-10-13(14)17-15)16-12-7-4-3-5-8-12/h3-5,7-8,11,15H,2,6,9-10H2,1H3. The van der Waals surface area contributed by atoms with Gasteiger partial charge in [0.1, 0.15) is 5.75 Å². The summed E-state index contributed by atoms with van der Waals surface area (Å²) in [4.78, 5) is 14.3. The fourth-order valence-corrected chi connectivity index (χ4v) is 1.56. The molecule has 1 atom stereocenters. The number of carbonyl (C=O) groups excluding carboxylic acids is 1. The third-order valence-electron chi connectivity index (χ3n) is 2.51. The quantitative estimate of drug-likeness (QED) is 0.586. The van der Waals surface area contributed by atoms with E-state index in [1.54, 1.807) is 0 Å². The molecule has 1 aromatic rings. The Hall–Kier alpha value is -1.55. The highest BCUT2D eigenvalue weighted by Crippen LogP contribution is 2.16. The molecule has 0 aliphatic carbocycles. The fraction of sp³-hybridized carbons (Fsp3) is 0.462. The minimum Gasteiger partial charge on any atom is -0.490 e. The lowest BCUT2D eigenvalue weighted by Gasteiger charge is -2.17. The molecule has 0 heterocycles. The summed E-state index contributed by atoms with van der Waals surface area (Å²) in [6, 6.07) is 9.59. The number of benzene rings is 1. The van der Waals surface area contributed by atoms with Gasteiger partial charge >= 0.3 is 5.97 Å². The Kier molecular flexibility index (Phi) is 6.10. The van der Waals surface area contributed by atoms with Gasteiger partial charge in [-0.2, -0.15) is 5.26 Å². The van der Waals surface area contributed by atoms with Crippen molar-refractivity contribution in [3.8, 4) is 5.75 Å². The molecule has 94 valence electrons. The van der Waals surface area contributed by atoms with E-state index in [4.69, 9.17) is 9.99 Å². The van der Waals surface area contributed by atoms with Crippen LogP contribution in [0.25, 0.3) is 0 Å². The van der Waals surface area contributed by atoms with Gasteiger partial charge in [0.05, 0.1) is 6.10 Å². The van der Waals surface area contributed by atoms with Crippen LogP contribution in [0.4, 0.5) is 0 Å². The van der Waals surface area contributed by atoms with Crippen LogP contribution in [0.2, 0.25) is 0 Å². The Labute approximate surface area is 101 Å². The van der Waals surface area contributed by atoms with Crippen molar-refractivity contribution in [3.05, 3.63) is 30.3 Å². The molecular weight excluding hydrogens is 220 g/mol. The first kappa shape index (κ1) is 13.5. The molecule has 1 rings (SSSR count). The molecule has 0 aliphatic rings. The van der Waals surface area contributed by atoms with Gasteiger partial charge < -0.3 is 9.62 Å². The van der Waals surface area contributed by atoms with Crippen molar-refractivity contribution in [1.82, 2.24) is 0 Å². The molecule has 0 saturated heterocycles. The van der Waals surface area contributed by atoms with E-state index in [0.29, 0.717) is 6.42 Å². The van der Waals surface area contributed by atoms with E-state index in [2.05, 4.69) is 4.89 Å². The molecule has 0 fully saturated rings. The SMILES string of the molecule is CCC(CCCC(=O)OO)Oc1ccccc1. The zero-order valence-corrected chi connectivity index (χ0v) is 9.96. The van der Waals surface area contributed by atoms with E-state index in [9.17, 15) is 4.79 Å². The highest BCUT2D eigenvalue weighted by Gasteiger charge is 2.10. The van der Waals surface area contributed by atoms with Crippen molar-refractivity contribution in [2.24, 2.45) is 0 Å². The maximum atomic E-state index is 10.7. The van der Waals surface area contributed by atoms with Gasteiger partial charge in [0.2, 0.25) is 0 Å². The van der Waals surface area contributed by atoms with Gasteiger partial charge in [-0.1, -0.05) is 25.1 Å². The van der Waals surface area contributed by atoms with Gasteiger partial charge in [-0.25, -0.2) is 4.79 Å². The van der Waals surface area contributed by atoms with Crippen molar-refractivity contribution in [2.75, 3.05) is 0 Å². The summed E-state index contributed by atoms with van der Waals surface area (Å²) in [6.07, 6.45) is 2.59. The lowest BCUT2D eigenvalue weighted by molar-refractivity contribution is -0.234. The molecule has 1 aromatic carbocycles. The van der Waals surface area contributed by atoms with E-state index in [1.807, 2.05) is 37.3 Å². The summed E-state index contributed by atoms with van der Waals surface area (Å²) in [7, 11) is 0. The molecule has 0 radical (unpaired) electrons. The number of ether oxygens (including phenoxy) is 1. The highest BCUT2D eigenvalue weighted by atomic mass is 17.1. The molecule has 1 N–H and O–H groups in total. The Balaban J connectivity index is 2.31. The van der Waals surface area contributed by atoms with Crippen LogP contribution in [0.5, 0.6) is 5.75 Å². The third kappa shape index (κ3) is 5.36. The molecule has 0 saturated carbocycles. The monoisotopic (exact) mass is 238 g/mol. The van der Waals surface area contributed by atoms with E-state index in [1.165, 1.54) is 0 Å². The van der Waals surface area contributed by atoms with Gasteiger partial charge in [-0.05, 0) is 31.4 Å². The lowest BCUT2D eigenvalue weighted by atomic mass is 10.1. The molecule has 0 amide bonds. The van der Waals surface area contributed by atoms with Crippen molar-refractivity contribution in [2.45, 2.75) is 38.7 Å². The van der Waals surface area contributed by atoms with Crippen LogP contribution in [0.3, 0.4) is 0 Å². The first-order chi connectivity index (χ1) is 8.26. The molecule has 0 spiro atoms. The Morgan fingerprint density at radius 2 is 2.06 bits per heavy atom. The van der Waals surface area contributed by atoms with Gasteiger partial charge in [0.15, 0.2) is 0 Å². The van der Waals surface area contributed by atoms with Crippen LogP contribution in [-0.2, 0) is 9.68 Å². The van der Waals surface area contributed by atoms with E-state index >= 15 is 0 Å². The Morgan fingerprint density at radius 3 is 2.65 bits per heavy atom. The third-order valence-corrected chi connectivity index (χ3v) is 2.51. The van der Waals surface area contributed by atoms with Crippen LogP contribution in [0, 0.1) is 0 Å². The molecule has 1 unspecified atom stereocenters. The minimum absolute atomic E-state index is 0.0869. The summed E-state index contributed by atoms with van der Waals surface area (Å²) in [5.41, 5.74) is 0. The summed E-state index contributed by atoms with van der Waals surface area (Å²) in [5.74, 6) is 0.239. The van der Waals surface area contributed by atoms with Gasteiger partial charge in [-0.15, -0.1) is 0 Å². The second-order valence-corrected chi connectivity index (χ2v) is 3.82. The second kappa shape index (κ2) is 7.68. The summed E-state index contributed by atoms with van der Waals surface area (Å²) >= 11 is 0. The average Bonchev–Trinajstić information content (AvgIpc) is 2.38. The van der Waals surface area contributed by atoms with Gasteiger partial charge in [0, 0.05) is 6.42 Å². The van der Waals surface area contributed by atoms with Crippen LogP contribution in [0.1, 0.15) is 32.6 Å². The van der Waals surface area contributed by atoms with Crippen molar-refractivity contribution in [3.63, 3.8) is 0 Å². The van der Waals surface area contributed by atoms with Crippen LogP contribution in [0.15, 0.2) is 30.3 Å². The molecule has 4 nitrogen and oxygen atoms in total. The first-order valence-electron chi connectivity index (χ1n) is 5.82. The molecule has 0 aromatic heterocycles. The molecule has 0 aliphatic heterocycles.